The first-order valence-electron chi connectivity index (χ1n) is 15.0. The lowest BCUT2D eigenvalue weighted by molar-refractivity contribution is 0.649. The van der Waals surface area contributed by atoms with E-state index in [1.54, 1.807) is 0 Å². The van der Waals surface area contributed by atoms with Gasteiger partial charge in [-0.2, -0.15) is 0 Å². The molecule has 0 N–H and O–H groups in total. The van der Waals surface area contributed by atoms with Crippen LogP contribution in [0.1, 0.15) is 25.1 Å². The Labute approximate surface area is 251 Å². The van der Waals surface area contributed by atoms with E-state index in [4.69, 9.17) is 0 Å². The maximum Gasteiger partial charge on any atom is 0.0603 e. The minimum atomic E-state index is -0.248. The Morgan fingerprint density at radius 2 is 1.07 bits per heavy atom. The van der Waals surface area contributed by atoms with Gasteiger partial charge in [0.1, 0.15) is 0 Å². The average Bonchev–Trinajstić information content (AvgIpc) is 3.66. The minimum Gasteiger partial charge on any atom is -0.312 e. The van der Waals surface area contributed by atoms with Gasteiger partial charge in [-0.05, 0) is 47.0 Å². The zero-order valence-electron chi connectivity index (χ0n) is 24.3. The van der Waals surface area contributed by atoms with Gasteiger partial charge in [-0.3, -0.25) is 0 Å². The molecule has 0 aliphatic carbocycles. The monoisotopic (exact) mass is 550 g/mol. The molecule has 0 fully saturated rings. The number of hydrogen-bond acceptors (Lipinski definition) is 0. The fourth-order valence-corrected chi connectivity index (χ4v) is 7.67. The largest absolute Gasteiger partial charge is 0.312 e. The van der Waals surface area contributed by atoms with E-state index in [1.165, 1.54) is 77.6 Å². The third-order valence-electron chi connectivity index (χ3n) is 9.42. The zero-order valence-corrected chi connectivity index (χ0v) is 24.3. The predicted molar refractivity (Wildman–Crippen MR) is 181 cm³/mol. The number of nitrogens with zero attached hydrogens (tertiary/aromatic N) is 2. The molecule has 1 aliphatic rings. The molecular weight excluding hydrogens is 520 g/mol. The summed E-state index contributed by atoms with van der Waals surface area (Å²) in [5, 5.41) is 3.88. The summed E-state index contributed by atoms with van der Waals surface area (Å²) in [7, 11) is 0. The van der Waals surface area contributed by atoms with Crippen molar-refractivity contribution < 1.29 is 0 Å². The van der Waals surface area contributed by atoms with Gasteiger partial charge < -0.3 is 9.13 Å². The van der Waals surface area contributed by atoms with Crippen molar-refractivity contribution in [3.8, 4) is 33.6 Å². The second-order valence-corrected chi connectivity index (χ2v) is 12.2. The van der Waals surface area contributed by atoms with Gasteiger partial charge in [0.2, 0.25) is 0 Å². The van der Waals surface area contributed by atoms with Gasteiger partial charge in [-0.25, -0.2) is 0 Å². The highest BCUT2D eigenvalue weighted by Crippen LogP contribution is 2.54. The van der Waals surface area contributed by atoms with Crippen molar-refractivity contribution in [3.05, 3.63) is 157 Å². The van der Waals surface area contributed by atoms with Crippen LogP contribution in [-0.2, 0) is 5.41 Å². The summed E-state index contributed by atoms with van der Waals surface area (Å²) in [5.41, 5.74) is 13.8. The number of benzene rings is 6. The fourth-order valence-electron chi connectivity index (χ4n) is 7.67. The van der Waals surface area contributed by atoms with E-state index in [1.807, 2.05) is 0 Å². The Morgan fingerprint density at radius 3 is 1.81 bits per heavy atom. The molecule has 2 aromatic heterocycles. The first-order chi connectivity index (χ1) is 21.1. The first-order valence-corrected chi connectivity index (χ1v) is 15.0. The highest BCUT2D eigenvalue weighted by molar-refractivity contribution is 6.13. The Balaban J connectivity index is 1.41. The summed E-state index contributed by atoms with van der Waals surface area (Å²) >= 11 is 0. The quantitative estimate of drug-likeness (QED) is 0.207. The number of fused-ring (bicyclic) bond motifs is 9. The predicted octanol–water partition coefficient (Wildman–Crippen LogP) is 10.7. The highest BCUT2D eigenvalue weighted by Gasteiger charge is 2.42. The molecule has 3 heterocycles. The summed E-state index contributed by atoms with van der Waals surface area (Å²) in [6.45, 7) is 4.83. The van der Waals surface area contributed by atoms with E-state index in [2.05, 4.69) is 169 Å². The number of hydrogen-bond donors (Lipinski definition) is 0. The molecule has 6 aromatic carbocycles. The lowest BCUT2D eigenvalue weighted by Gasteiger charge is -2.24. The summed E-state index contributed by atoms with van der Waals surface area (Å²) in [6.07, 6.45) is 0. The normalized spacial score (nSPS) is 13.5. The van der Waals surface area contributed by atoms with Gasteiger partial charge in [-0.1, -0.05) is 129 Å². The van der Waals surface area contributed by atoms with E-state index in [9.17, 15) is 0 Å². The molecule has 43 heavy (non-hydrogen) atoms. The van der Waals surface area contributed by atoms with E-state index in [0.717, 1.165) is 0 Å². The van der Waals surface area contributed by atoms with Crippen LogP contribution >= 0.6 is 0 Å². The van der Waals surface area contributed by atoms with Crippen molar-refractivity contribution in [1.29, 1.82) is 0 Å². The van der Waals surface area contributed by atoms with Gasteiger partial charge in [0.15, 0.2) is 0 Å². The number of rotatable bonds is 3. The van der Waals surface area contributed by atoms with Crippen LogP contribution < -0.4 is 0 Å². The van der Waals surface area contributed by atoms with Crippen molar-refractivity contribution in [2.24, 2.45) is 0 Å². The van der Waals surface area contributed by atoms with Gasteiger partial charge in [0.05, 0.1) is 22.2 Å². The van der Waals surface area contributed by atoms with Crippen molar-refractivity contribution in [1.82, 2.24) is 9.13 Å². The van der Waals surface area contributed by atoms with Crippen LogP contribution in [-0.4, -0.2) is 9.13 Å². The van der Waals surface area contributed by atoms with Crippen LogP contribution in [0.15, 0.2) is 146 Å². The molecule has 0 spiro atoms. The highest BCUT2D eigenvalue weighted by atomic mass is 15.1. The summed E-state index contributed by atoms with van der Waals surface area (Å²) < 4.78 is 5.04. The third kappa shape index (κ3) is 3.29. The molecule has 1 aliphatic heterocycles. The second-order valence-electron chi connectivity index (χ2n) is 12.2. The van der Waals surface area contributed by atoms with Crippen molar-refractivity contribution in [2.45, 2.75) is 19.3 Å². The van der Waals surface area contributed by atoms with Crippen LogP contribution in [0.2, 0.25) is 0 Å². The van der Waals surface area contributed by atoms with Crippen molar-refractivity contribution >= 4 is 32.7 Å². The van der Waals surface area contributed by atoms with Crippen LogP contribution in [0.5, 0.6) is 0 Å². The lowest BCUT2D eigenvalue weighted by atomic mass is 9.79. The fraction of sp³-hybridized carbons (Fsp3) is 0.0732. The molecule has 0 amide bonds. The summed E-state index contributed by atoms with van der Waals surface area (Å²) in [5.74, 6) is 0. The number of aromatic nitrogens is 2. The van der Waals surface area contributed by atoms with E-state index in [-0.39, 0.29) is 5.41 Å². The Kier molecular flexibility index (Phi) is 4.99. The van der Waals surface area contributed by atoms with Crippen LogP contribution in [0.25, 0.3) is 66.3 Å². The van der Waals surface area contributed by atoms with Crippen LogP contribution in [0, 0.1) is 0 Å². The minimum absolute atomic E-state index is 0.248. The molecule has 8 aromatic rings. The molecule has 0 bridgehead atoms. The molecule has 9 rings (SSSR count). The second kappa shape index (κ2) is 8.83. The summed E-state index contributed by atoms with van der Waals surface area (Å²) in [6, 6.07) is 53.1. The molecule has 0 saturated heterocycles. The van der Waals surface area contributed by atoms with Gasteiger partial charge in [0.25, 0.3) is 0 Å². The van der Waals surface area contributed by atoms with Crippen molar-refractivity contribution in [3.63, 3.8) is 0 Å². The Bertz CT molecular complexity index is 2350. The Hall–Kier alpha value is -5.34. The SMILES string of the molecule is CC1(C)c2c(ccc3c4ccccc4n(-c4cccc(-c5ccccc5)c4)c23)-n2c1c(-c1ccccc1)c1ccccc12. The maximum atomic E-state index is 2.54. The molecule has 0 radical (unpaired) electrons. The molecule has 2 heteroatoms. The van der Waals surface area contributed by atoms with Gasteiger partial charge in [-0.15, -0.1) is 0 Å². The lowest BCUT2D eigenvalue weighted by Crippen LogP contribution is -2.18. The van der Waals surface area contributed by atoms with E-state index < -0.39 is 0 Å². The van der Waals surface area contributed by atoms with Crippen LogP contribution in [0.4, 0.5) is 0 Å². The third-order valence-corrected chi connectivity index (χ3v) is 9.42. The molecule has 0 atom stereocenters. The molecule has 0 saturated carbocycles. The van der Waals surface area contributed by atoms with Gasteiger partial charge in [0, 0.05) is 44.1 Å². The average molecular weight is 551 g/mol. The smallest absolute Gasteiger partial charge is 0.0603 e. The van der Waals surface area contributed by atoms with Gasteiger partial charge >= 0.3 is 0 Å². The van der Waals surface area contributed by atoms with E-state index >= 15 is 0 Å². The maximum absolute atomic E-state index is 2.54. The van der Waals surface area contributed by atoms with Crippen LogP contribution in [0.3, 0.4) is 0 Å². The number of para-hydroxylation sites is 2. The molecular formula is C41H30N2. The molecule has 2 nitrogen and oxygen atoms in total. The topological polar surface area (TPSA) is 9.86 Å². The Morgan fingerprint density at radius 1 is 0.465 bits per heavy atom. The van der Waals surface area contributed by atoms with E-state index in [0.29, 0.717) is 0 Å². The molecule has 0 unspecified atom stereocenters. The zero-order chi connectivity index (χ0) is 28.7. The summed E-state index contributed by atoms with van der Waals surface area (Å²) in [4.78, 5) is 0. The first kappa shape index (κ1) is 24.3. The van der Waals surface area contributed by atoms with Crippen molar-refractivity contribution in [2.75, 3.05) is 0 Å². The standard InChI is InChI=1S/C41H30N2/c1-41(2)38-36(43-35-23-12-10-21-33(35)37(40(41)43)28-16-7-4-8-17-28)25-24-32-31-20-9-11-22-34(31)42(39(32)38)30-19-13-18-29(26-30)27-14-5-3-6-15-27/h3-26H,1-2H3. The molecule has 204 valence electrons.